The molecular formula is C16H22N2O4. The molecule has 0 radical (unpaired) electrons. The van der Waals surface area contributed by atoms with Crippen LogP contribution in [0.4, 0.5) is 0 Å². The first-order valence-electron chi connectivity index (χ1n) is 6.89. The van der Waals surface area contributed by atoms with Gasteiger partial charge in [0.15, 0.2) is 0 Å². The summed E-state index contributed by atoms with van der Waals surface area (Å²) in [6.45, 7) is 0.876. The molecule has 6 nitrogen and oxygen atoms in total. The van der Waals surface area contributed by atoms with E-state index < -0.39 is 0 Å². The van der Waals surface area contributed by atoms with Gasteiger partial charge in [-0.05, 0) is 23.8 Å². The Morgan fingerprint density at radius 1 is 1.32 bits per heavy atom. The fraction of sp³-hybridized carbons (Fsp3) is 0.375. The number of hydrogen-bond acceptors (Lipinski definition) is 4. The van der Waals surface area contributed by atoms with E-state index in [9.17, 15) is 9.59 Å². The van der Waals surface area contributed by atoms with Crippen LogP contribution in [0.1, 0.15) is 5.56 Å². The van der Waals surface area contributed by atoms with Crippen LogP contribution in [-0.4, -0.2) is 57.7 Å². The Bertz CT molecular complexity index is 529. The molecule has 1 N–H and O–H groups in total. The van der Waals surface area contributed by atoms with Crippen LogP contribution in [0.5, 0.6) is 5.75 Å². The molecule has 0 spiro atoms. The lowest BCUT2D eigenvalue weighted by Gasteiger charge is -2.14. The lowest BCUT2D eigenvalue weighted by molar-refractivity contribution is -0.131. The Kier molecular flexibility index (Phi) is 7.70. The number of nitrogens with one attached hydrogen (secondary N) is 1. The van der Waals surface area contributed by atoms with E-state index in [1.54, 1.807) is 27.3 Å². The summed E-state index contributed by atoms with van der Waals surface area (Å²) in [6.07, 6.45) is 3.11. The molecule has 120 valence electrons. The largest absolute Gasteiger partial charge is 0.497 e. The molecular weight excluding hydrogens is 284 g/mol. The minimum atomic E-state index is -0.246. The van der Waals surface area contributed by atoms with Crippen molar-refractivity contribution >= 4 is 17.9 Å². The molecule has 6 heteroatoms. The molecule has 0 bridgehead atoms. The second-order valence-electron chi connectivity index (χ2n) is 4.65. The minimum absolute atomic E-state index is 0.00496. The van der Waals surface area contributed by atoms with Crippen molar-refractivity contribution in [2.75, 3.05) is 41.0 Å². The lowest BCUT2D eigenvalue weighted by atomic mass is 10.2. The molecule has 0 unspecified atom stereocenters. The third-order valence-electron chi connectivity index (χ3n) is 2.90. The molecule has 22 heavy (non-hydrogen) atoms. The van der Waals surface area contributed by atoms with Crippen LogP contribution in [0.3, 0.4) is 0 Å². The Labute approximate surface area is 130 Å². The maximum atomic E-state index is 11.9. The number of carbonyl (C=O) groups is 2. The number of carbonyl (C=O) groups excluding carboxylic acids is 2. The van der Waals surface area contributed by atoms with Gasteiger partial charge in [-0.15, -0.1) is 0 Å². The quantitative estimate of drug-likeness (QED) is 0.573. The summed E-state index contributed by atoms with van der Waals surface area (Å²) >= 11 is 0. The van der Waals surface area contributed by atoms with Gasteiger partial charge in [-0.1, -0.05) is 12.1 Å². The molecule has 0 saturated heterocycles. The molecule has 0 aliphatic carbocycles. The van der Waals surface area contributed by atoms with Gasteiger partial charge >= 0.3 is 0 Å². The molecule has 0 fully saturated rings. The molecule has 0 saturated carbocycles. The molecule has 0 aliphatic heterocycles. The van der Waals surface area contributed by atoms with Crippen LogP contribution in [0.2, 0.25) is 0 Å². The van der Waals surface area contributed by atoms with E-state index in [0.717, 1.165) is 11.3 Å². The normalized spacial score (nSPS) is 10.5. The van der Waals surface area contributed by atoms with E-state index in [4.69, 9.17) is 9.47 Å². The van der Waals surface area contributed by atoms with Crippen molar-refractivity contribution in [2.24, 2.45) is 0 Å². The Hall–Kier alpha value is -2.34. The minimum Gasteiger partial charge on any atom is -0.497 e. The van der Waals surface area contributed by atoms with Gasteiger partial charge in [0, 0.05) is 26.8 Å². The van der Waals surface area contributed by atoms with E-state index in [1.807, 2.05) is 24.3 Å². The number of benzene rings is 1. The second-order valence-corrected chi connectivity index (χ2v) is 4.65. The Morgan fingerprint density at radius 2 is 2.09 bits per heavy atom. The van der Waals surface area contributed by atoms with Gasteiger partial charge in [-0.3, -0.25) is 9.59 Å². The number of methoxy groups -OCH3 is 2. The van der Waals surface area contributed by atoms with Crippen LogP contribution < -0.4 is 10.1 Å². The zero-order valence-electron chi connectivity index (χ0n) is 13.2. The lowest BCUT2D eigenvalue weighted by Crippen LogP contribution is -2.38. The highest BCUT2D eigenvalue weighted by Crippen LogP contribution is 2.13. The van der Waals surface area contributed by atoms with Crippen molar-refractivity contribution in [3.63, 3.8) is 0 Å². The van der Waals surface area contributed by atoms with E-state index in [1.165, 1.54) is 11.0 Å². The van der Waals surface area contributed by atoms with E-state index >= 15 is 0 Å². The Morgan fingerprint density at radius 3 is 2.77 bits per heavy atom. The van der Waals surface area contributed by atoms with Gasteiger partial charge in [0.25, 0.3) is 0 Å². The number of amides is 2. The summed E-state index contributed by atoms with van der Waals surface area (Å²) in [7, 11) is 4.73. The molecule has 0 aliphatic rings. The topological polar surface area (TPSA) is 67.9 Å². The average Bonchev–Trinajstić information content (AvgIpc) is 2.52. The second kappa shape index (κ2) is 9.57. The van der Waals surface area contributed by atoms with Gasteiger partial charge in [0.05, 0.1) is 20.3 Å². The van der Waals surface area contributed by atoms with Gasteiger partial charge < -0.3 is 19.7 Å². The van der Waals surface area contributed by atoms with Crippen molar-refractivity contribution in [1.29, 1.82) is 0 Å². The predicted molar refractivity (Wildman–Crippen MR) is 84.6 cm³/mol. The number of nitrogens with zero attached hydrogens (tertiary/aromatic N) is 1. The number of likely N-dealkylation sites (N-methyl/N-ethyl adjacent to an activating group) is 1. The third kappa shape index (κ3) is 6.41. The van der Waals surface area contributed by atoms with E-state index in [-0.39, 0.29) is 18.4 Å². The SMILES string of the molecule is COCCNC(=O)CN(C)C(=O)/C=C/c1cccc(OC)c1. The van der Waals surface area contributed by atoms with Crippen LogP contribution in [0.15, 0.2) is 30.3 Å². The van der Waals surface area contributed by atoms with Crippen molar-refractivity contribution in [1.82, 2.24) is 10.2 Å². The van der Waals surface area contributed by atoms with E-state index in [2.05, 4.69) is 5.32 Å². The maximum absolute atomic E-state index is 11.9. The van der Waals surface area contributed by atoms with E-state index in [0.29, 0.717) is 13.2 Å². The van der Waals surface area contributed by atoms with Gasteiger partial charge in [-0.25, -0.2) is 0 Å². The summed E-state index contributed by atoms with van der Waals surface area (Å²) in [4.78, 5) is 24.9. The smallest absolute Gasteiger partial charge is 0.246 e. The standard InChI is InChI=1S/C16H22N2O4/c1-18(12-15(19)17-9-10-21-2)16(20)8-7-13-5-4-6-14(11-13)22-3/h4-8,11H,9-10,12H2,1-3H3,(H,17,19)/b8-7+. The van der Waals surface area contributed by atoms with Crippen molar-refractivity contribution < 1.29 is 19.1 Å². The number of ether oxygens (including phenoxy) is 2. The molecule has 1 aromatic rings. The monoisotopic (exact) mass is 306 g/mol. The first-order chi connectivity index (χ1) is 10.6. The van der Waals surface area contributed by atoms with Crippen LogP contribution in [0, 0.1) is 0 Å². The predicted octanol–water partition coefficient (Wildman–Crippen LogP) is 0.929. The Balaban J connectivity index is 2.49. The molecule has 1 aromatic carbocycles. The highest BCUT2D eigenvalue weighted by molar-refractivity contribution is 5.94. The summed E-state index contributed by atoms with van der Waals surface area (Å²) in [5, 5.41) is 2.66. The molecule has 0 aromatic heterocycles. The van der Waals surface area contributed by atoms with Gasteiger partial charge in [-0.2, -0.15) is 0 Å². The number of rotatable bonds is 8. The zero-order chi connectivity index (χ0) is 16.4. The molecule has 1 rings (SSSR count). The van der Waals surface area contributed by atoms with Crippen molar-refractivity contribution in [2.45, 2.75) is 0 Å². The summed E-state index contributed by atoms with van der Waals surface area (Å²) < 4.78 is 9.95. The van der Waals surface area contributed by atoms with Crippen LogP contribution in [-0.2, 0) is 14.3 Å². The fourth-order valence-electron chi connectivity index (χ4n) is 1.68. The molecule has 0 atom stereocenters. The van der Waals surface area contributed by atoms with Crippen LogP contribution >= 0.6 is 0 Å². The fourth-order valence-corrected chi connectivity index (χ4v) is 1.68. The first kappa shape index (κ1) is 17.7. The van der Waals surface area contributed by atoms with Crippen molar-refractivity contribution in [3.05, 3.63) is 35.9 Å². The summed E-state index contributed by atoms with van der Waals surface area (Å²) in [5.74, 6) is 0.257. The van der Waals surface area contributed by atoms with Crippen LogP contribution in [0.25, 0.3) is 6.08 Å². The molecule has 0 heterocycles. The zero-order valence-corrected chi connectivity index (χ0v) is 13.2. The first-order valence-corrected chi connectivity index (χ1v) is 6.89. The maximum Gasteiger partial charge on any atom is 0.246 e. The summed E-state index contributed by atoms with van der Waals surface area (Å²) in [5.41, 5.74) is 0.852. The highest BCUT2D eigenvalue weighted by atomic mass is 16.5. The molecule has 2 amide bonds. The highest BCUT2D eigenvalue weighted by Gasteiger charge is 2.09. The van der Waals surface area contributed by atoms with Gasteiger partial charge in [0.2, 0.25) is 11.8 Å². The summed E-state index contributed by atoms with van der Waals surface area (Å²) in [6, 6.07) is 7.36. The average molecular weight is 306 g/mol. The van der Waals surface area contributed by atoms with Gasteiger partial charge in [0.1, 0.15) is 5.75 Å². The third-order valence-corrected chi connectivity index (χ3v) is 2.90. The number of hydrogen-bond donors (Lipinski definition) is 1. The van der Waals surface area contributed by atoms with Crippen molar-refractivity contribution in [3.8, 4) is 5.75 Å².